The predicted molar refractivity (Wildman–Crippen MR) is 80.2 cm³/mol. The van der Waals surface area contributed by atoms with Crippen molar-refractivity contribution in [2.75, 3.05) is 11.9 Å². The Balaban J connectivity index is 2.37. The molecule has 1 aromatic carbocycles. The minimum atomic E-state index is -0.422. The zero-order valence-corrected chi connectivity index (χ0v) is 12.2. The summed E-state index contributed by atoms with van der Waals surface area (Å²) < 4.78 is 0.784. The van der Waals surface area contributed by atoms with Crippen LogP contribution in [0, 0.1) is 16.0 Å². The lowest BCUT2D eigenvalue weighted by Gasteiger charge is -2.19. The number of aliphatic hydroxyl groups is 1. The van der Waals surface area contributed by atoms with Crippen molar-refractivity contribution in [3.8, 4) is 0 Å². The van der Waals surface area contributed by atoms with E-state index in [1.807, 2.05) is 19.9 Å². The number of aliphatic hydroxyl groups excluding tert-OH is 1. The fourth-order valence-corrected chi connectivity index (χ4v) is 2.87. The smallest absolute Gasteiger partial charge is 0.319 e. The predicted octanol–water partition coefficient (Wildman–Crippen LogP) is 3.02. The quantitative estimate of drug-likeness (QED) is 0.631. The van der Waals surface area contributed by atoms with E-state index in [0.717, 1.165) is 11.1 Å². The van der Waals surface area contributed by atoms with E-state index in [0.29, 0.717) is 17.1 Å². The lowest BCUT2D eigenvalue weighted by Crippen LogP contribution is -2.26. The Hall–Kier alpha value is -1.73. The molecule has 2 N–H and O–H groups in total. The summed E-state index contributed by atoms with van der Waals surface area (Å²) in [5.74, 6) is 0.390. The largest absolute Gasteiger partial charge is 0.394 e. The highest BCUT2D eigenvalue weighted by Crippen LogP contribution is 2.34. The summed E-state index contributed by atoms with van der Waals surface area (Å²) in [5.41, 5.74) is 2.38. The van der Waals surface area contributed by atoms with E-state index in [1.165, 1.54) is 11.3 Å². The molecule has 0 saturated heterocycles. The van der Waals surface area contributed by atoms with Crippen LogP contribution in [0.3, 0.4) is 0 Å². The van der Waals surface area contributed by atoms with Gasteiger partial charge in [-0.05, 0) is 24.5 Å². The van der Waals surface area contributed by atoms with Gasteiger partial charge in [0, 0.05) is 6.04 Å². The van der Waals surface area contributed by atoms with E-state index < -0.39 is 4.92 Å². The second kappa shape index (κ2) is 6.15. The van der Waals surface area contributed by atoms with Gasteiger partial charge in [-0.2, -0.15) is 0 Å². The molecule has 0 spiro atoms. The number of benzene rings is 1. The zero-order valence-electron chi connectivity index (χ0n) is 11.4. The minimum absolute atomic E-state index is 0.0223. The topological polar surface area (TPSA) is 88.3 Å². The minimum Gasteiger partial charge on any atom is -0.394 e. The standard InChI is InChI=1S/C13H17N3O3S/c1-8(2)5-9(6-17)15-10-3-4-11-12(14-7-20-11)13(10)16(18)19/h3-4,7-9,15,17H,5-6H2,1-2H3. The van der Waals surface area contributed by atoms with Crippen LogP contribution in [0.15, 0.2) is 17.6 Å². The van der Waals surface area contributed by atoms with Gasteiger partial charge in [-0.25, -0.2) is 4.98 Å². The molecule has 2 aromatic rings. The Morgan fingerprint density at radius 2 is 2.25 bits per heavy atom. The maximum atomic E-state index is 11.3. The molecule has 0 radical (unpaired) electrons. The van der Waals surface area contributed by atoms with Crippen molar-refractivity contribution in [2.24, 2.45) is 5.92 Å². The number of thiazole rings is 1. The first-order valence-corrected chi connectivity index (χ1v) is 7.29. The SMILES string of the molecule is CC(C)CC(CO)Nc1ccc2scnc2c1[N+](=O)[O-]. The summed E-state index contributed by atoms with van der Waals surface area (Å²) in [5, 5.41) is 23.8. The van der Waals surface area contributed by atoms with Crippen LogP contribution in [-0.4, -0.2) is 27.7 Å². The second-order valence-electron chi connectivity index (χ2n) is 5.07. The Labute approximate surface area is 120 Å². The molecule has 0 saturated carbocycles. The summed E-state index contributed by atoms with van der Waals surface area (Å²) in [7, 11) is 0. The molecule has 0 bridgehead atoms. The lowest BCUT2D eigenvalue weighted by molar-refractivity contribution is -0.382. The lowest BCUT2D eigenvalue weighted by atomic mass is 10.0. The Bertz CT molecular complexity index is 612. The molecule has 1 unspecified atom stereocenters. The number of nitro groups is 1. The summed E-state index contributed by atoms with van der Waals surface area (Å²) >= 11 is 1.37. The number of rotatable bonds is 6. The van der Waals surface area contributed by atoms with E-state index in [4.69, 9.17) is 0 Å². The summed E-state index contributed by atoms with van der Waals surface area (Å²) in [6, 6.07) is 3.29. The highest BCUT2D eigenvalue weighted by atomic mass is 32.1. The summed E-state index contributed by atoms with van der Waals surface area (Å²) in [4.78, 5) is 14.9. The molecule has 2 rings (SSSR count). The number of nitrogens with one attached hydrogen (secondary N) is 1. The van der Waals surface area contributed by atoms with Gasteiger partial charge in [0.2, 0.25) is 0 Å². The van der Waals surface area contributed by atoms with E-state index in [-0.39, 0.29) is 18.3 Å². The number of aromatic nitrogens is 1. The molecule has 0 aliphatic rings. The molecule has 7 heteroatoms. The number of anilines is 1. The third kappa shape index (κ3) is 3.05. The molecule has 108 valence electrons. The van der Waals surface area contributed by atoms with Gasteiger partial charge in [0.15, 0.2) is 5.52 Å². The molecule has 0 aliphatic carbocycles. The molecule has 0 fully saturated rings. The number of nitro benzene ring substituents is 1. The van der Waals surface area contributed by atoms with Gasteiger partial charge in [-0.1, -0.05) is 13.8 Å². The van der Waals surface area contributed by atoms with Gasteiger partial charge in [-0.15, -0.1) is 11.3 Å². The third-order valence-corrected chi connectivity index (χ3v) is 3.79. The average molecular weight is 295 g/mol. The van der Waals surface area contributed by atoms with Gasteiger partial charge >= 0.3 is 5.69 Å². The molecule has 1 heterocycles. The van der Waals surface area contributed by atoms with Crippen LogP contribution < -0.4 is 5.32 Å². The van der Waals surface area contributed by atoms with Crippen molar-refractivity contribution in [3.63, 3.8) is 0 Å². The van der Waals surface area contributed by atoms with E-state index >= 15 is 0 Å². The Kier molecular flexibility index (Phi) is 4.51. The van der Waals surface area contributed by atoms with Crippen LogP contribution in [0.2, 0.25) is 0 Å². The first-order chi connectivity index (χ1) is 9.52. The van der Waals surface area contributed by atoms with Crippen LogP contribution in [-0.2, 0) is 0 Å². The molecular weight excluding hydrogens is 278 g/mol. The normalized spacial score (nSPS) is 12.8. The Morgan fingerprint density at radius 1 is 1.50 bits per heavy atom. The van der Waals surface area contributed by atoms with Crippen molar-refractivity contribution in [3.05, 3.63) is 27.8 Å². The van der Waals surface area contributed by atoms with Gasteiger partial charge in [-0.3, -0.25) is 10.1 Å². The summed E-state index contributed by atoms with van der Waals surface area (Å²) in [6.45, 7) is 4.02. The molecule has 0 aliphatic heterocycles. The number of hydrogen-bond donors (Lipinski definition) is 2. The molecule has 1 aromatic heterocycles. The first-order valence-electron chi connectivity index (χ1n) is 6.41. The number of hydrogen-bond acceptors (Lipinski definition) is 6. The van der Waals surface area contributed by atoms with E-state index in [1.54, 1.807) is 11.6 Å². The maximum Gasteiger partial charge on any atom is 0.319 e. The van der Waals surface area contributed by atoms with Crippen molar-refractivity contribution in [2.45, 2.75) is 26.3 Å². The van der Waals surface area contributed by atoms with Crippen LogP contribution in [0.5, 0.6) is 0 Å². The van der Waals surface area contributed by atoms with Crippen LogP contribution in [0.1, 0.15) is 20.3 Å². The first kappa shape index (κ1) is 14.7. The Morgan fingerprint density at radius 3 is 2.85 bits per heavy atom. The average Bonchev–Trinajstić information content (AvgIpc) is 2.84. The van der Waals surface area contributed by atoms with Crippen molar-refractivity contribution in [1.29, 1.82) is 0 Å². The highest BCUT2D eigenvalue weighted by Gasteiger charge is 2.22. The van der Waals surface area contributed by atoms with Crippen molar-refractivity contribution >= 4 is 32.9 Å². The molecule has 1 atom stereocenters. The molecule has 0 amide bonds. The van der Waals surface area contributed by atoms with Crippen LogP contribution in [0.4, 0.5) is 11.4 Å². The molecular formula is C13H17N3O3S. The fraction of sp³-hybridized carbons (Fsp3) is 0.462. The highest BCUT2D eigenvalue weighted by molar-refractivity contribution is 7.16. The maximum absolute atomic E-state index is 11.3. The van der Waals surface area contributed by atoms with Crippen molar-refractivity contribution < 1.29 is 10.0 Å². The number of nitrogens with zero attached hydrogens (tertiary/aromatic N) is 2. The second-order valence-corrected chi connectivity index (χ2v) is 5.96. The molecule has 20 heavy (non-hydrogen) atoms. The van der Waals surface area contributed by atoms with Crippen LogP contribution in [0.25, 0.3) is 10.2 Å². The van der Waals surface area contributed by atoms with Crippen LogP contribution >= 0.6 is 11.3 Å². The zero-order chi connectivity index (χ0) is 14.7. The molecule has 6 nitrogen and oxygen atoms in total. The van der Waals surface area contributed by atoms with Gasteiger partial charge in [0.1, 0.15) is 5.69 Å². The third-order valence-electron chi connectivity index (χ3n) is 2.99. The van der Waals surface area contributed by atoms with E-state index in [9.17, 15) is 15.2 Å². The van der Waals surface area contributed by atoms with Gasteiger partial charge in [0.25, 0.3) is 0 Å². The fourth-order valence-electron chi connectivity index (χ4n) is 2.19. The monoisotopic (exact) mass is 295 g/mol. The number of fused-ring (bicyclic) bond motifs is 1. The summed E-state index contributed by atoms with van der Waals surface area (Å²) in [6.07, 6.45) is 0.739. The van der Waals surface area contributed by atoms with Gasteiger partial charge < -0.3 is 10.4 Å². The van der Waals surface area contributed by atoms with Crippen molar-refractivity contribution in [1.82, 2.24) is 4.98 Å². The van der Waals surface area contributed by atoms with Gasteiger partial charge in [0.05, 0.1) is 21.7 Å². The van der Waals surface area contributed by atoms with E-state index in [2.05, 4.69) is 10.3 Å².